The maximum absolute atomic E-state index is 13.0. The van der Waals surface area contributed by atoms with Crippen molar-refractivity contribution in [3.8, 4) is 0 Å². The Hall–Kier alpha value is -3.32. The van der Waals surface area contributed by atoms with Gasteiger partial charge in [0.05, 0.1) is 6.61 Å². The van der Waals surface area contributed by atoms with Crippen LogP contribution in [-0.4, -0.2) is 89.2 Å². The minimum absolute atomic E-state index is 0.0584. The highest BCUT2D eigenvalue weighted by molar-refractivity contribution is 5.74. The maximum Gasteiger partial charge on any atom is 0.335 e. The summed E-state index contributed by atoms with van der Waals surface area (Å²) in [5.41, 5.74) is 0. The molecule has 0 bridgehead atoms. The number of carbonyl (C=O) groups is 4. The number of ether oxygens (including phenoxy) is 5. The summed E-state index contributed by atoms with van der Waals surface area (Å²) in [4.78, 5) is 50.8. The molecule has 6 atom stereocenters. The fourth-order valence-electron chi connectivity index (χ4n) is 7.85. The van der Waals surface area contributed by atoms with Crippen LogP contribution in [0.25, 0.3) is 0 Å². The predicted molar refractivity (Wildman–Crippen MR) is 266 cm³/mol. The van der Waals surface area contributed by atoms with E-state index in [1.165, 1.54) is 103 Å². The number of unbranched alkanes of at least 4 members (excludes halogenated alkanes) is 22. The summed E-state index contributed by atoms with van der Waals surface area (Å²) in [6.07, 6.45) is 38.3. The largest absolute Gasteiger partial charge is 0.479 e. The van der Waals surface area contributed by atoms with Gasteiger partial charge in [-0.15, -0.1) is 0 Å². The van der Waals surface area contributed by atoms with Gasteiger partial charge in [-0.25, -0.2) is 4.79 Å². The van der Waals surface area contributed by atoms with Crippen LogP contribution in [0, 0.1) is 0 Å². The van der Waals surface area contributed by atoms with Gasteiger partial charge in [-0.3, -0.25) is 14.4 Å². The van der Waals surface area contributed by atoms with Crippen molar-refractivity contribution in [2.45, 2.75) is 263 Å². The van der Waals surface area contributed by atoms with Crippen molar-refractivity contribution in [1.82, 2.24) is 0 Å². The number of carboxylic acid groups (broad SMARTS) is 1. The molecule has 1 saturated heterocycles. The minimum Gasteiger partial charge on any atom is -0.479 e. The van der Waals surface area contributed by atoms with E-state index in [1.54, 1.807) is 0 Å². The first-order valence-electron chi connectivity index (χ1n) is 26.6. The predicted octanol–water partition coefficient (Wildman–Crippen LogP) is 12.7. The lowest BCUT2D eigenvalue weighted by Crippen LogP contribution is -2.61. The molecule has 1 rings (SSSR count). The number of esters is 3. The Balaban J connectivity index is 2.76. The van der Waals surface area contributed by atoms with E-state index in [0.29, 0.717) is 25.7 Å². The first-order chi connectivity index (χ1) is 32.6. The third-order valence-corrected chi connectivity index (χ3v) is 11.9. The molecule has 1 aliphatic rings. The normalized spacial score (nSPS) is 19.2. The summed E-state index contributed by atoms with van der Waals surface area (Å²) in [5.74, 6) is -3.21. The Morgan fingerprint density at radius 1 is 0.507 bits per heavy atom. The molecule has 12 nitrogen and oxygen atoms in total. The third kappa shape index (κ3) is 34.6. The van der Waals surface area contributed by atoms with Crippen LogP contribution in [0.15, 0.2) is 48.6 Å². The molecule has 0 aromatic heterocycles. The lowest BCUT2D eigenvalue weighted by atomic mass is 9.98. The van der Waals surface area contributed by atoms with Gasteiger partial charge in [0.15, 0.2) is 24.6 Å². The van der Waals surface area contributed by atoms with Crippen molar-refractivity contribution < 1.29 is 58.2 Å². The molecule has 1 aliphatic heterocycles. The zero-order chi connectivity index (χ0) is 49.0. The zero-order valence-corrected chi connectivity index (χ0v) is 42.1. The minimum atomic E-state index is -1.92. The second-order valence-electron chi connectivity index (χ2n) is 18.1. The maximum atomic E-state index is 13.0. The Bertz CT molecular complexity index is 1360. The van der Waals surface area contributed by atoms with Gasteiger partial charge in [-0.2, -0.15) is 0 Å². The van der Waals surface area contributed by atoms with Crippen LogP contribution in [-0.2, 0) is 42.9 Å². The van der Waals surface area contributed by atoms with Crippen LogP contribution in [0.5, 0.6) is 0 Å². The number of aliphatic carboxylic acids is 1. The number of aliphatic hydroxyl groups excluding tert-OH is 2. The van der Waals surface area contributed by atoms with Gasteiger partial charge in [0.1, 0.15) is 18.8 Å². The van der Waals surface area contributed by atoms with Crippen molar-refractivity contribution in [2.75, 3.05) is 13.2 Å². The summed E-state index contributed by atoms with van der Waals surface area (Å²) < 4.78 is 28.2. The van der Waals surface area contributed by atoms with Gasteiger partial charge >= 0.3 is 23.9 Å². The summed E-state index contributed by atoms with van der Waals surface area (Å²) in [6.45, 7) is 5.82. The average molecular weight is 947 g/mol. The molecule has 0 radical (unpaired) electrons. The molecule has 0 amide bonds. The number of hydrogen-bond acceptors (Lipinski definition) is 11. The molecule has 12 heteroatoms. The summed E-state index contributed by atoms with van der Waals surface area (Å²) in [6, 6.07) is 0. The lowest BCUT2D eigenvalue weighted by molar-refractivity contribution is -0.301. The van der Waals surface area contributed by atoms with E-state index in [4.69, 9.17) is 23.7 Å². The van der Waals surface area contributed by atoms with Gasteiger partial charge in [-0.1, -0.05) is 211 Å². The van der Waals surface area contributed by atoms with E-state index in [9.17, 15) is 34.5 Å². The van der Waals surface area contributed by atoms with Crippen LogP contribution >= 0.6 is 0 Å². The van der Waals surface area contributed by atoms with Gasteiger partial charge in [-0.05, 0) is 44.9 Å². The smallest absolute Gasteiger partial charge is 0.335 e. The highest BCUT2D eigenvalue weighted by Crippen LogP contribution is 2.26. The monoisotopic (exact) mass is 947 g/mol. The fourth-order valence-corrected chi connectivity index (χ4v) is 7.85. The molecule has 0 aromatic carbocycles. The topological polar surface area (TPSA) is 175 Å². The van der Waals surface area contributed by atoms with Crippen molar-refractivity contribution in [2.24, 2.45) is 0 Å². The van der Waals surface area contributed by atoms with E-state index in [0.717, 1.165) is 57.8 Å². The van der Waals surface area contributed by atoms with Gasteiger partial charge in [0, 0.05) is 19.3 Å². The van der Waals surface area contributed by atoms with Crippen LogP contribution in [0.2, 0.25) is 0 Å². The molecule has 3 N–H and O–H groups in total. The molecule has 386 valence electrons. The molecule has 1 fully saturated rings. The van der Waals surface area contributed by atoms with Crippen molar-refractivity contribution in [1.29, 1.82) is 0 Å². The summed E-state index contributed by atoms with van der Waals surface area (Å²) >= 11 is 0. The Labute approximate surface area is 405 Å². The third-order valence-electron chi connectivity index (χ3n) is 11.9. The number of hydrogen-bond donors (Lipinski definition) is 3. The van der Waals surface area contributed by atoms with Gasteiger partial charge in [0.25, 0.3) is 0 Å². The molecule has 6 unspecified atom stereocenters. The van der Waals surface area contributed by atoms with Crippen LogP contribution in [0.3, 0.4) is 0 Å². The molecule has 0 saturated carbocycles. The van der Waals surface area contributed by atoms with E-state index in [2.05, 4.69) is 51.2 Å². The summed E-state index contributed by atoms with van der Waals surface area (Å²) in [7, 11) is 0. The van der Waals surface area contributed by atoms with Crippen molar-refractivity contribution in [3.63, 3.8) is 0 Å². The quantitative estimate of drug-likeness (QED) is 0.0228. The van der Waals surface area contributed by atoms with Crippen molar-refractivity contribution >= 4 is 23.9 Å². The standard InChI is InChI=1S/C55H94O12/c1-4-7-10-13-16-19-22-24-27-29-32-35-38-41-47(56)63-44-46(65-48(57)42-39-36-33-30-26-21-18-15-12-9-6-3)45-64-55-53(51(60)50(59)52(67-55)54(61)62)66-49(58)43-40-37-34-31-28-25-23-20-17-14-11-8-5-2/h8,11,17,20,25,28,34,37,46,50-53,55,59-60H,4-7,9-10,12-16,18-19,21-24,26-27,29-33,35-36,38-45H2,1-3H3,(H,61,62)/b11-8-,20-17-,28-25-,37-34-. The van der Waals surface area contributed by atoms with E-state index in [1.807, 2.05) is 18.2 Å². The Kier molecular flexibility index (Phi) is 40.4. The molecule has 1 heterocycles. The van der Waals surface area contributed by atoms with E-state index >= 15 is 0 Å². The number of carbonyl (C=O) groups excluding carboxylic acids is 3. The van der Waals surface area contributed by atoms with Crippen LogP contribution in [0.4, 0.5) is 0 Å². The van der Waals surface area contributed by atoms with Crippen LogP contribution < -0.4 is 0 Å². The number of rotatable bonds is 44. The molecule has 0 spiro atoms. The highest BCUT2D eigenvalue weighted by atomic mass is 16.7. The molecular weight excluding hydrogens is 853 g/mol. The highest BCUT2D eigenvalue weighted by Gasteiger charge is 2.50. The first-order valence-corrected chi connectivity index (χ1v) is 26.6. The molecule has 0 aromatic rings. The fraction of sp³-hybridized carbons (Fsp3) is 0.782. The van der Waals surface area contributed by atoms with Crippen LogP contribution in [0.1, 0.15) is 226 Å². The molecular formula is C55H94O12. The Morgan fingerprint density at radius 2 is 0.940 bits per heavy atom. The number of allylic oxidation sites excluding steroid dienone is 8. The second-order valence-corrected chi connectivity index (χ2v) is 18.1. The van der Waals surface area contributed by atoms with E-state index < -0.39 is 67.3 Å². The number of carboxylic acids is 1. The molecule has 67 heavy (non-hydrogen) atoms. The van der Waals surface area contributed by atoms with Gasteiger partial charge in [0.2, 0.25) is 0 Å². The average Bonchev–Trinajstić information content (AvgIpc) is 3.31. The molecule has 0 aliphatic carbocycles. The first kappa shape index (κ1) is 61.7. The Morgan fingerprint density at radius 3 is 1.40 bits per heavy atom. The number of aliphatic hydroxyl groups is 2. The van der Waals surface area contributed by atoms with E-state index in [-0.39, 0.29) is 25.9 Å². The van der Waals surface area contributed by atoms with Gasteiger partial charge < -0.3 is 39.0 Å². The zero-order valence-electron chi connectivity index (χ0n) is 42.1. The summed E-state index contributed by atoms with van der Waals surface area (Å²) in [5, 5.41) is 31.3. The SMILES string of the molecule is CC/C=C\C/C=C\C/C=C\C/C=C\CCC(=O)OC1C(OCC(COC(=O)CCCCCCCCCCCCCCC)OC(=O)CCCCCCCCCCCCC)OC(C(=O)O)C(O)C1O. The lowest BCUT2D eigenvalue weighted by Gasteiger charge is -2.40. The second kappa shape index (κ2) is 43.9. The van der Waals surface area contributed by atoms with Crippen molar-refractivity contribution in [3.05, 3.63) is 48.6 Å².